The zero-order valence-corrected chi connectivity index (χ0v) is 20.2. The molecule has 1 fully saturated rings. The second-order valence-corrected chi connectivity index (χ2v) is 9.57. The van der Waals surface area contributed by atoms with Crippen molar-refractivity contribution in [2.75, 3.05) is 13.2 Å². The topological polar surface area (TPSA) is 105 Å². The third kappa shape index (κ3) is 5.84. The largest absolute Gasteiger partial charge is 0.481 e. The van der Waals surface area contributed by atoms with E-state index in [0.29, 0.717) is 19.4 Å². The first-order chi connectivity index (χ1) is 17.0. The first-order valence-electron chi connectivity index (χ1n) is 12.6. The number of amides is 2. The van der Waals surface area contributed by atoms with Crippen molar-refractivity contribution < 1.29 is 24.2 Å². The van der Waals surface area contributed by atoms with E-state index in [-0.39, 0.29) is 36.8 Å². The van der Waals surface area contributed by atoms with Gasteiger partial charge in [-0.1, -0.05) is 68.3 Å². The van der Waals surface area contributed by atoms with Gasteiger partial charge >= 0.3 is 12.1 Å². The van der Waals surface area contributed by atoms with Gasteiger partial charge in [-0.15, -0.1) is 0 Å². The van der Waals surface area contributed by atoms with Gasteiger partial charge in [0.15, 0.2) is 0 Å². The van der Waals surface area contributed by atoms with Crippen LogP contribution in [-0.2, 0) is 14.3 Å². The molecular formula is C28H34N2O5. The van der Waals surface area contributed by atoms with Gasteiger partial charge in [0.2, 0.25) is 5.91 Å². The van der Waals surface area contributed by atoms with E-state index in [1.165, 1.54) is 11.1 Å². The van der Waals surface area contributed by atoms with E-state index in [1.807, 2.05) is 31.2 Å². The van der Waals surface area contributed by atoms with Gasteiger partial charge in [0.05, 0.1) is 5.92 Å². The van der Waals surface area contributed by atoms with Crippen LogP contribution in [0.15, 0.2) is 48.5 Å². The highest BCUT2D eigenvalue weighted by Crippen LogP contribution is 2.44. The molecule has 3 atom stereocenters. The van der Waals surface area contributed by atoms with E-state index in [0.717, 1.165) is 30.4 Å². The number of benzene rings is 2. The molecule has 0 heterocycles. The van der Waals surface area contributed by atoms with Crippen molar-refractivity contribution in [2.24, 2.45) is 11.8 Å². The monoisotopic (exact) mass is 478 g/mol. The summed E-state index contributed by atoms with van der Waals surface area (Å²) in [5.74, 6) is -1.43. The van der Waals surface area contributed by atoms with Gasteiger partial charge in [0.25, 0.3) is 0 Å². The van der Waals surface area contributed by atoms with Crippen LogP contribution in [0.25, 0.3) is 11.1 Å². The Bertz CT molecular complexity index is 1020. The van der Waals surface area contributed by atoms with Crippen LogP contribution in [0.1, 0.15) is 62.5 Å². The number of carbonyl (C=O) groups excluding carboxylic acids is 2. The number of ether oxygens (including phenoxy) is 1. The lowest BCUT2D eigenvalue weighted by atomic mass is 9.79. The molecule has 35 heavy (non-hydrogen) atoms. The molecule has 2 aromatic carbocycles. The minimum absolute atomic E-state index is 0.0193. The Labute approximate surface area is 206 Å². The van der Waals surface area contributed by atoms with Crippen LogP contribution in [0.2, 0.25) is 0 Å². The van der Waals surface area contributed by atoms with Crippen LogP contribution in [0.3, 0.4) is 0 Å². The van der Waals surface area contributed by atoms with Crippen molar-refractivity contribution in [3.05, 3.63) is 59.7 Å². The zero-order valence-electron chi connectivity index (χ0n) is 20.2. The Morgan fingerprint density at radius 2 is 1.63 bits per heavy atom. The molecule has 7 nitrogen and oxygen atoms in total. The fraction of sp³-hybridized carbons (Fsp3) is 0.464. The van der Waals surface area contributed by atoms with Crippen LogP contribution >= 0.6 is 0 Å². The van der Waals surface area contributed by atoms with E-state index < -0.39 is 18.0 Å². The summed E-state index contributed by atoms with van der Waals surface area (Å²) in [6.07, 6.45) is 3.56. The number of rotatable bonds is 9. The van der Waals surface area contributed by atoms with Crippen molar-refractivity contribution in [2.45, 2.75) is 57.4 Å². The number of aliphatic carboxylic acids is 1. The predicted octanol–water partition coefficient (Wildman–Crippen LogP) is 4.70. The highest BCUT2D eigenvalue weighted by atomic mass is 16.5. The average Bonchev–Trinajstić information content (AvgIpc) is 3.19. The van der Waals surface area contributed by atoms with Gasteiger partial charge in [0.1, 0.15) is 6.61 Å². The average molecular weight is 479 g/mol. The highest BCUT2D eigenvalue weighted by Gasteiger charge is 2.31. The number of carboxylic acids is 1. The standard InChI is InChI=1S/C28H34N2O5/c1-2-19(15-26(31)29-16-18-9-3-4-10-20(18)27(32)33)30-28(34)35-17-25-23-13-7-5-11-21(23)22-12-6-8-14-24(22)25/h5-8,11-14,18-20,25H,2-4,9-10,15-17H2,1H3,(H,29,31)(H,30,34)(H,32,33)/t18?,19-,20?/m0/s1. The summed E-state index contributed by atoms with van der Waals surface area (Å²) in [4.78, 5) is 36.5. The van der Waals surface area contributed by atoms with Crippen LogP contribution in [-0.4, -0.2) is 42.3 Å². The number of hydrogen-bond acceptors (Lipinski definition) is 4. The lowest BCUT2D eigenvalue weighted by Gasteiger charge is -2.28. The first-order valence-corrected chi connectivity index (χ1v) is 12.6. The van der Waals surface area contributed by atoms with E-state index in [1.54, 1.807) is 0 Å². The maximum atomic E-state index is 12.6. The molecule has 0 bridgehead atoms. The molecule has 2 unspecified atom stereocenters. The second-order valence-electron chi connectivity index (χ2n) is 9.57. The van der Waals surface area contributed by atoms with Gasteiger partial charge in [-0.25, -0.2) is 4.79 Å². The van der Waals surface area contributed by atoms with Crippen molar-refractivity contribution in [3.8, 4) is 11.1 Å². The van der Waals surface area contributed by atoms with E-state index >= 15 is 0 Å². The van der Waals surface area contributed by atoms with Crippen LogP contribution in [0.4, 0.5) is 4.79 Å². The van der Waals surface area contributed by atoms with E-state index in [9.17, 15) is 19.5 Å². The summed E-state index contributed by atoms with van der Waals surface area (Å²) in [7, 11) is 0. The first kappa shape index (κ1) is 24.8. The molecule has 2 aliphatic carbocycles. The van der Waals surface area contributed by atoms with Crippen molar-refractivity contribution in [3.63, 3.8) is 0 Å². The number of nitrogens with one attached hydrogen (secondary N) is 2. The van der Waals surface area contributed by atoms with Crippen molar-refractivity contribution >= 4 is 18.0 Å². The number of carbonyl (C=O) groups is 3. The second kappa shape index (κ2) is 11.4. The van der Waals surface area contributed by atoms with Crippen LogP contribution in [0.5, 0.6) is 0 Å². The number of fused-ring (bicyclic) bond motifs is 3. The summed E-state index contributed by atoms with van der Waals surface area (Å²) >= 11 is 0. The number of alkyl carbamates (subject to hydrolysis) is 1. The van der Waals surface area contributed by atoms with Crippen molar-refractivity contribution in [1.29, 1.82) is 0 Å². The highest BCUT2D eigenvalue weighted by molar-refractivity contribution is 5.79. The molecule has 0 saturated heterocycles. The summed E-state index contributed by atoms with van der Waals surface area (Å²) in [5.41, 5.74) is 4.64. The maximum absolute atomic E-state index is 12.6. The zero-order chi connectivity index (χ0) is 24.8. The van der Waals surface area contributed by atoms with Crippen LogP contribution in [0, 0.1) is 11.8 Å². The van der Waals surface area contributed by atoms with E-state index in [4.69, 9.17) is 4.74 Å². The van der Waals surface area contributed by atoms with Gasteiger partial charge in [-0.05, 0) is 47.4 Å². The Balaban J connectivity index is 1.27. The Hall–Kier alpha value is -3.35. The quantitative estimate of drug-likeness (QED) is 0.485. The lowest BCUT2D eigenvalue weighted by molar-refractivity contribution is -0.145. The Morgan fingerprint density at radius 1 is 1.00 bits per heavy atom. The summed E-state index contributed by atoms with van der Waals surface area (Å²) in [5, 5.41) is 15.1. The lowest BCUT2D eigenvalue weighted by Crippen LogP contribution is -2.42. The minimum atomic E-state index is -0.785. The minimum Gasteiger partial charge on any atom is -0.481 e. The SMILES string of the molecule is CC[C@@H](CC(=O)NCC1CCCCC1C(=O)O)NC(=O)OCC1c2ccccc2-c2ccccc21. The molecular weight excluding hydrogens is 444 g/mol. The molecule has 0 aliphatic heterocycles. The maximum Gasteiger partial charge on any atom is 0.407 e. The molecule has 2 aromatic rings. The molecule has 0 aromatic heterocycles. The molecule has 2 amide bonds. The van der Waals surface area contributed by atoms with Gasteiger partial charge in [-0.2, -0.15) is 0 Å². The molecule has 186 valence electrons. The smallest absolute Gasteiger partial charge is 0.407 e. The fourth-order valence-electron chi connectivity index (χ4n) is 5.42. The van der Waals surface area contributed by atoms with E-state index in [2.05, 4.69) is 34.9 Å². The van der Waals surface area contributed by atoms with Crippen molar-refractivity contribution in [1.82, 2.24) is 10.6 Å². The van der Waals surface area contributed by atoms with Gasteiger partial charge < -0.3 is 20.5 Å². The molecule has 3 N–H and O–H groups in total. The molecule has 1 saturated carbocycles. The Kier molecular flexibility index (Phi) is 8.06. The molecule has 4 rings (SSSR count). The van der Waals surface area contributed by atoms with Gasteiger partial charge in [0, 0.05) is 24.9 Å². The van der Waals surface area contributed by atoms with Gasteiger partial charge in [-0.3, -0.25) is 9.59 Å². The molecule has 2 aliphatic rings. The normalized spacial score (nSPS) is 19.8. The predicted molar refractivity (Wildman–Crippen MR) is 133 cm³/mol. The third-order valence-electron chi connectivity index (χ3n) is 7.38. The Morgan fingerprint density at radius 3 is 2.26 bits per heavy atom. The molecule has 0 radical (unpaired) electrons. The third-order valence-corrected chi connectivity index (χ3v) is 7.38. The number of hydrogen-bond donors (Lipinski definition) is 3. The molecule has 0 spiro atoms. The fourth-order valence-corrected chi connectivity index (χ4v) is 5.42. The molecule has 7 heteroatoms. The summed E-state index contributed by atoms with van der Waals surface area (Å²) in [6, 6.07) is 16.0. The van der Waals surface area contributed by atoms with Crippen LogP contribution < -0.4 is 10.6 Å². The summed E-state index contributed by atoms with van der Waals surface area (Å²) < 4.78 is 5.60. The summed E-state index contributed by atoms with van der Waals surface area (Å²) in [6.45, 7) is 2.49. The number of carboxylic acid groups (broad SMARTS) is 1.